The van der Waals surface area contributed by atoms with Crippen LogP contribution in [0.25, 0.3) is 0 Å². The van der Waals surface area contributed by atoms with Crippen molar-refractivity contribution in [2.24, 2.45) is 5.92 Å². The molecule has 0 bridgehead atoms. The number of nitrogens with one attached hydrogen (secondary N) is 1. The highest BCUT2D eigenvalue weighted by Gasteiger charge is 2.23. The Morgan fingerprint density at radius 2 is 1.95 bits per heavy atom. The van der Waals surface area contributed by atoms with Gasteiger partial charge < -0.3 is 14.8 Å². The first-order valence-electron chi connectivity index (χ1n) is 7.71. The molecule has 0 atom stereocenters. The molecular weight excluding hydrogens is 282 g/mol. The van der Waals surface area contributed by atoms with Crippen molar-refractivity contribution < 1.29 is 19.1 Å². The van der Waals surface area contributed by atoms with Gasteiger partial charge in [-0.1, -0.05) is 25.3 Å². The average Bonchev–Trinajstić information content (AvgIpc) is 2.53. The van der Waals surface area contributed by atoms with E-state index in [0.29, 0.717) is 11.4 Å². The number of esters is 1. The molecule has 0 spiro atoms. The van der Waals surface area contributed by atoms with Gasteiger partial charge in [-0.15, -0.1) is 0 Å². The lowest BCUT2D eigenvalue weighted by Crippen LogP contribution is -2.26. The van der Waals surface area contributed by atoms with Gasteiger partial charge in [-0.05, 0) is 37.5 Å². The van der Waals surface area contributed by atoms with Crippen molar-refractivity contribution in [3.63, 3.8) is 0 Å². The summed E-state index contributed by atoms with van der Waals surface area (Å²) < 4.78 is 10.3. The Labute approximate surface area is 131 Å². The molecule has 0 saturated heterocycles. The Morgan fingerprint density at radius 1 is 1.23 bits per heavy atom. The minimum Gasteiger partial charge on any atom is -0.495 e. The Morgan fingerprint density at radius 3 is 2.64 bits per heavy atom. The van der Waals surface area contributed by atoms with Gasteiger partial charge in [-0.25, -0.2) is 0 Å². The van der Waals surface area contributed by atoms with Crippen molar-refractivity contribution in [3.05, 3.63) is 23.8 Å². The number of ether oxygens (including phenoxy) is 2. The highest BCUT2D eigenvalue weighted by atomic mass is 16.5. The molecule has 1 aromatic rings. The number of hydrogen-bond donors (Lipinski definition) is 1. The number of amides is 1. The van der Waals surface area contributed by atoms with Gasteiger partial charge in [-0.3, -0.25) is 9.59 Å². The standard InChI is InChI=1S/C17H23NO4/c1-12-8-9-15(21-2)14(10-12)18-16(19)11-22-17(20)13-6-4-3-5-7-13/h8-10,13H,3-7,11H2,1-2H3,(H,18,19). The quantitative estimate of drug-likeness (QED) is 0.849. The normalized spacial score (nSPS) is 15.2. The van der Waals surface area contributed by atoms with Gasteiger partial charge >= 0.3 is 5.97 Å². The summed E-state index contributed by atoms with van der Waals surface area (Å²) in [6.07, 6.45) is 5.04. The van der Waals surface area contributed by atoms with E-state index in [2.05, 4.69) is 5.32 Å². The first kappa shape index (κ1) is 16.3. The smallest absolute Gasteiger partial charge is 0.309 e. The zero-order valence-electron chi connectivity index (χ0n) is 13.2. The molecule has 1 fully saturated rings. The topological polar surface area (TPSA) is 64.6 Å². The van der Waals surface area contributed by atoms with Gasteiger partial charge in [0.25, 0.3) is 5.91 Å². The molecule has 0 radical (unpaired) electrons. The molecule has 1 aliphatic carbocycles. The van der Waals surface area contributed by atoms with Crippen molar-refractivity contribution >= 4 is 17.6 Å². The van der Waals surface area contributed by atoms with E-state index < -0.39 is 0 Å². The number of carbonyl (C=O) groups is 2. The molecule has 0 heterocycles. The largest absolute Gasteiger partial charge is 0.495 e. The van der Waals surface area contributed by atoms with Crippen LogP contribution in [0.3, 0.4) is 0 Å². The van der Waals surface area contributed by atoms with E-state index in [9.17, 15) is 9.59 Å². The Hall–Kier alpha value is -2.04. The van der Waals surface area contributed by atoms with Crippen LogP contribution in [0, 0.1) is 12.8 Å². The second kappa shape index (κ2) is 7.82. The van der Waals surface area contributed by atoms with E-state index in [1.165, 1.54) is 6.42 Å². The summed E-state index contributed by atoms with van der Waals surface area (Å²) in [4.78, 5) is 23.8. The third kappa shape index (κ3) is 4.48. The molecule has 120 valence electrons. The molecule has 5 nitrogen and oxygen atoms in total. The van der Waals surface area contributed by atoms with Crippen LogP contribution in [0.15, 0.2) is 18.2 Å². The SMILES string of the molecule is COc1ccc(C)cc1NC(=O)COC(=O)C1CCCCC1. The number of hydrogen-bond acceptors (Lipinski definition) is 4. The number of rotatable bonds is 5. The van der Waals surface area contributed by atoms with Crippen molar-refractivity contribution in [2.45, 2.75) is 39.0 Å². The first-order chi connectivity index (χ1) is 10.6. The van der Waals surface area contributed by atoms with Crippen LogP contribution in [0.2, 0.25) is 0 Å². The Bertz CT molecular complexity index is 535. The summed E-state index contributed by atoms with van der Waals surface area (Å²) in [6.45, 7) is 1.67. The van der Waals surface area contributed by atoms with Gasteiger partial charge in [0.1, 0.15) is 5.75 Å². The fraction of sp³-hybridized carbons (Fsp3) is 0.529. The number of methoxy groups -OCH3 is 1. The molecule has 1 N–H and O–H groups in total. The van der Waals surface area contributed by atoms with Gasteiger partial charge in [0, 0.05) is 0 Å². The Balaban J connectivity index is 1.85. The van der Waals surface area contributed by atoms with Crippen LogP contribution in [0.4, 0.5) is 5.69 Å². The zero-order chi connectivity index (χ0) is 15.9. The summed E-state index contributed by atoms with van der Waals surface area (Å²) in [6, 6.07) is 5.51. The van der Waals surface area contributed by atoms with E-state index in [4.69, 9.17) is 9.47 Å². The maximum absolute atomic E-state index is 11.9. The maximum Gasteiger partial charge on any atom is 0.309 e. The molecule has 0 unspecified atom stereocenters. The highest BCUT2D eigenvalue weighted by Crippen LogP contribution is 2.26. The van der Waals surface area contributed by atoms with E-state index in [1.54, 1.807) is 13.2 Å². The molecular formula is C17H23NO4. The van der Waals surface area contributed by atoms with E-state index in [0.717, 1.165) is 31.2 Å². The number of benzene rings is 1. The fourth-order valence-electron chi connectivity index (χ4n) is 2.70. The van der Waals surface area contributed by atoms with Crippen LogP contribution < -0.4 is 10.1 Å². The summed E-state index contributed by atoms with van der Waals surface area (Å²) in [5, 5.41) is 2.72. The van der Waals surface area contributed by atoms with Gasteiger partial charge in [0.05, 0.1) is 18.7 Å². The van der Waals surface area contributed by atoms with Crippen molar-refractivity contribution in [1.82, 2.24) is 0 Å². The van der Waals surface area contributed by atoms with Gasteiger partial charge in [0.15, 0.2) is 6.61 Å². The van der Waals surface area contributed by atoms with Crippen LogP contribution >= 0.6 is 0 Å². The molecule has 0 aliphatic heterocycles. The minimum absolute atomic E-state index is 0.0462. The maximum atomic E-state index is 11.9. The molecule has 2 rings (SSSR count). The van der Waals surface area contributed by atoms with Gasteiger partial charge in [-0.2, -0.15) is 0 Å². The minimum atomic E-state index is -0.354. The second-order valence-corrected chi connectivity index (χ2v) is 5.69. The zero-order valence-corrected chi connectivity index (χ0v) is 13.2. The lowest BCUT2D eigenvalue weighted by atomic mass is 9.89. The summed E-state index contributed by atoms with van der Waals surface area (Å²) in [5.74, 6) is -0.0771. The summed E-state index contributed by atoms with van der Waals surface area (Å²) >= 11 is 0. The number of carbonyl (C=O) groups excluding carboxylic acids is 2. The summed E-state index contributed by atoms with van der Waals surface area (Å²) in [5.41, 5.74) is 1.59. The molecule has 22 heavy (non-hydrogen) atoms. The van der Waals surface area contributed by atoms with Crippen molar-refractivity contribution in [2.75, 3.05) is 19.0 Å². The average molecular weight is 305 g/mol. The third-order valence-corrected chi connectivity index (χ3v) is 3.91. The molecule has 1 saturated carbocycles. The van der Waals surface area contributed by atoms with Crippen LogP contribution in [-0.2, 0) is 14.3 Å². The predicted molar refractivity (Wildman–Crippen MR) is 83.9 cm³/mol. The van der Waals surface area contributed by atoms with Gasteiger partial charge in [0.2, 0.25) is 0 Å². The first-order valence-corrected chi connectivity index (χ1v) is 7.71. The van der Waals surface area contributed by atoms with Crippen LogP contribution in [0.5, 0.6) is 5.75 Å². The van der Waals surface area contributed by atoms with E-state index in [1.807, 2.05) is 19.1 Å². The van der Waals surface area contributed by atoms with Crippen LogP contribution in [-0.4, -0.2) is 25.6 Å². The van der Waals surface area contributed by atoms with Crippen molar-refractivity contribution in [1.29, 1.82) is 0 Å². The molecule has 1 amide bonds. The number of aryl methyl sites for hydroxylation is 1. The predicted octanol–water partition coefficient (Wildman–Crippen LogP) is 3.07. The molecule has 1 aliphatic rings. The summed E-state index contributed by atoms with van der Waals surface area (Å²) in [7, 11) is 1.55. The van der Waals surface area contributed by atoms with E-state index >= 15 is 0 Å². The lowest BCUT2D eigenvalue weighted by molar-refractivity contribution is -0.152. The molecule has 1 aromatic carbocycles. The van der Waals surface area contributed by atoms with Crippen molar-refractivity contribution in [3.8, 4) is 5.75 Å². The Kier molecular flexibility index (Phi) is 5.81. The third-order valence-electron chi connectivity index (χ3n) is 3.91. The van der Waals surface area contributed by atoms with E-state index in [-0.39, 0.29) is 24.4 Å². The fourth-order valence-corrected chi connectivity index (χ4v) is 2.70. The monoisotopic (exact) mass is 305 g/mol. The van der Waals surface area contributed by atoms with Crippen LogP contribution in [0.1, 0.15) is 37.7 Å². The number of anilines is 1. The lowest BCUT2D eigenvalue weighted by Gasteiger charge is -2.19. The molecule has 0 aromatic heterocycles. The highest BCUT2D eigenvalue weighted by molar-refractivity contribution is 5.94. The molecule has 5 heteroatoms. The second-order valence-electron chi connectivity index (χ2n) is 5.69.